The van der Waals surface area contributed by atoms with Gasteiger partial charge in [0.2, 0.25) is 11.3 Å². The number of carbonyl (C=O) groups excluding carboxylic acids is 1. The maximum atomic E-state index is 12.2. The number of rotatable bonds is 6. The van der Waals surface area contributed by atoms with E-state index < -0.39 is 0 Å². The van der Waals surface area contributed by atoms with Crippen LogP contribution in [0.15, 0.2) is 59.5 Å². The minimum atomic E-state index is -0.120. The molecule has 0 saturated carbocycles. The standard InChI is InChI=1S/C20H21N3O3/c1-14(2)26-16-9-7-15(8-10-16)22-20(25)11-12-23-18-6-4-3-5-17(18)19(24)13-21-23/h3-10,13-14H,11-12H2,1-2H3,(H,22,25). The Labute approximate surface area is 151 Å². The fraction of sp³-hybridized carbons (Fsp3) is 0.250. The fourth-order valence-electron chi connectivity index (χ4n) is 2.66. The molecule has 3 aromatic rings. The van der Waals surface area contributed by atoms with Gasteiger partial charge in [0.15, 0.2) is 0 Å². The van der Waals surface area contributed by atoms with Crippen LogP contribution >= 0.6 is 0 Å². The molecule has 0 radical (unpaired) electrons. The van der Waals surface area contributed by atoms with Gasteiger partial charge in [-0.2, -0.15) is 5.10 Å². The summed E-state index contributed by atoms with van der Waals surface area (Å²) in [6.07, 6.45) is 1.65. The molecule has 0 spiro atoms. The SMILES string of the molecule is CC(C)Oc1ccc(NC(=O)CCn2ncc(=O)c3ccccc32)cc1. The summed E-state index contributed by atoms with van der Waals surface area (Å²) in [6.45, 7) is 4.32. The van der Waals surface area contributed by atoms with E-state index in [9.17, 15) is 9.59 Å². The van der Waals surface area contributed by atoms with Crippen molar-refractivity contribution in [2.45, 2.75) is 32.9 Å². The normalized spacial score (nSPS) is 10.9. The lowest BCUT2D eigenvalue weighted by Crippen LogP contribution is -2.18. The van der Waals surface area contributed by atoms with Crippen LogP contribution in [0.3, 0.4) is 0 Å². The first-order valence-electron chi connectivity index (χ1n) is 8.54. The van der Waals surface area contributed by atoms with Crippen LogP contribution in [-0.4, -0.2) is 21.8 Å². The second kappa shape index (κ2) is 7.82. The molecule has 0 aliphatic heterocycles. The molecule has 6 heteroatoms. The van der Waals surface area contributed by atoms with Crippen LogP contribution in [0.2, 0.25) is 0 Å². The molecule has 0 bridgehead atoms. The molecule has 0 aliphatic rings. The summed E-state index contributed by atoms with van der Waals surface area (Å²) in [7, 11) is 0. The maximum absolute atomic E-state index is 12.2. The summed E-state index contributed by atoms with van der Waals surface area (Å²) < 4.78 is 7.26. The van der Waals surface area contributed by atoms with Gasteiger partial charge in [0.1, 0.15) is 5.75 Å². The number of para-hydroxylation sites is 1. The van der Waals surface area contributed by atoms with E-state index in [0.717, 1.165) is 11.3 Å². The van der Waals surface area contributed by atoms with Crippen molar-refractivity contribution in [1.29, 1.82) is 0 Å². The lowest BCUT2D eigenvalue weighted by molar-refractivity contribution is -0.116. The number of fused-ring (bicyclic) bond motifs is 1. The van der Waals surface area contributed by atoms with Crippen molar-refractivity contribution < 1.29 is 9.53 Å². The van der Waals surface area contributed by atoms with Crippen LogP contribution in [0, 0.1) is 0 Å². The number of amides is 1. The number of nitrogens with one attached hydrogen (secondary N) is 1. The number of benzene rings is 2. The van der Waals surface area contributed by atoms with E-state index in [1.807, 2.05) is 56.3 Å². The predicted molar refractivity (Wildman–Crippen MR) is 101 cm³/mol. The second-order valence-corrected chi connectivity index (χ2v) is 6.24. The number of nitrogens with zero attached hydrogens (tertiary/aromatic N) is 2. The predicted octanol–water partition coefficient (Wildman–Crippen LogP) is 3.21. The molecule has 26 heavy (non-hydrogen) atoms. The Kier molecular flexibility index (Phi) is 5.31. The van der Waals surface area contributed by atoms with Crippen molar-refractivity contribution in [2.24, 2.45) is 0 Å². The fourth-order valence-corrected chi connectivity index (χ4v) is 2.66. The summed E-state index contributed by atoms with van der Waals surface area (Å²) in [5.74, 6) is 0.647. The number of hydrogen-bond acceptors (Lipinski definition) is 4. The summed E-state index contributed by atoms with van der Waals surface area (Å²) in [5, 5.41) is 7.59. The van der Waals surface area contributed by atoms with Crippen LogP contribution in [-0.2, 0) is 11.3 Å². The number of ether oxygens (including phenoxy) is 1. The highest BCUT2D eigenvalue weighted by Gasteiger charge is 2.07. The average Bonchev–Trinajstić information content (AvgIpc) is 2.63. The van der Waals surface area contributed by atoms with Crippen molar-refractivity contribution in [2.75, 3.05) is 5.32 Å². The van der Waals surface area contributed by atoms with E-state index in [0.29, 0.717) is 17.6 Å². The lowest BCUT2D eigenvalue weighted by Gasteiger charge is -2.11. The highest BCUT2D eigenvalue weighted by atomic mass is 16.5. The third kappa shape index (κ3) is 4.27. The van der Waals surface area contributed by atoms with E-state index in [4.69, 9.17) is 4.74 Å². The number of aryl methyl sites for hydroxylation is 1. The first-order valence-corrected chi connectivity index (χ1v) is 8.54. The molecule has 1 aromatic heterocycles. The van der Waals surface area contributed by atoms with Gasteiger partial charge in [-0.1, -0.05) is 12.1 Å². The van der Waals surface area contributed by atoms with E-state index >= 15 is 0 Å². The first kappa shape index (κ1) is 17.7. The zero-order valence-electron chi connectivity index (χ0n) is 14.8. The monoisotopic (exact) mass is 351 g/mol. The van der Waals surface area contributed by atoms with Crippen LogP contribution in [0.25, 0.3) is 10.9 Å². The third-order valence-electron chi connectivity index (χ3n) is 3.82. The maximum Gasteiger partial charge on any atom is 0.226 e. The number of hydrogen-bond donors (Lipinski definition) is 1. The molecule has 0 fully saturated rings. The van der Waals surface area contributed by atoms with Gasteiger partial charge in [0.05, 0.1) is 24.4 Å². The Hall–Kier alpha value is -3.15. The van der Waals surface area contributed by atoms with Gasteiger partial charge >= 0.3 is 0 Å². The molecule has 2 aromatic carbocycles. The average molecular weight is 351 g/mol. The van der Waals surface area contributed by atoms with Crippen molar-refractivity contribution in [3.8, 4) is 5.75 Å². The Bertz CT molecular complexity index is 962. The van der Waals surface area contributed by atoms with Crippen LogP contribution < -0.4 is 15.5 Å². The van der Waals surface area contributed by atoms with Gasteiger partial charge in [-0.25, -0.2) is 0 Å². The topological polar surface area (TPSA) is 73.2 Å². The Balaban J connectivity index is 1.63. The zero-order chi connectivity index (χ0) is 18.5. The number of anilines is 1. The largest absolute Gasteiger partial charge is 0.491 e. The van der Waals surface area contributed by atoms with Crippen molar-refractivity contribution >= 4 is 22.5 Å². The van der Waals surface area contributed by atoms with Crippen LogP contribution in [0.5, 0.6) is 5.75 Å². The summed E-state index contributed by atoms with van der Waals surface area (Å²) >= 11 is 0. The molecule has 1 amide bonds. The summed E-state index contributed by atoms with van der Waals surface area (Å²) in [5.41, 5.74) is 1.32. The smallest absolute Gasteiger partial charge is 0.226 e. The van der Waals surface area contributed by atoms with Crippen molar-refractivity contribution in [3.63, 3.8) is 0 Å². The molecule has 1 heterocycles. The molecule has 1 N–H and O–H groups in total. The quantitative estimate of drug-likeness (QED) is 0.740. The van der Waals surface area contributed by atoms with E-state index in [2.05, 4.69) is 10.4 Å². The Morgan fingerprint density at radius 2 is 1.88 bits per heavy atom. The molecule has 0 unspecified atom stereocenters. The molecule has 6 nitrogen and oxygen atoms in total. The summed E-state index contributed by atoms with van der Waals surface area (Å²) in [6, 6.07) is 14.5. The summed E-state index contributed by atoms with van der Waals surface area (Å²) in [4.78, 5) is 24.0. The van der Waals surface area contributed by atoms with E-state index in [-0.39, 0.29) is 23.9 Å². The second-order valence-electron chi connectivity index (χ2n) is 6.24. The molecule has 0 atom stereocenters. The molecule has 0 aliphatic carbocycles. The Morgan fingerprint density at radius 3 is 2.62 bits per heavy atom. The molecule has 134 valence electrons. The van der Waals surface area contributed by atoms with Gasteiger partial charge < -0.3 is 10.1 Å². The highest BCUT2D eigenvalue weighted by Crippen LogP contribution is 2.17. The van der Waals surface area contributed by atoms with Gasteiger partial charge in [0, 0.05) is 17.5 Å². The van der Waals surface area contributed by atoms with Crippen LogP contribution in [0.1, 0.15) is 20.3 Å². The molecular weight excluding hydrogens is 330 g/mol. The zero-order valence-corrected chi connectivity index (χ0v) is 14.8. The third-order valence-corrected chi connectivity index (χ3v) is 3.82. The van der Waals surface area contributed by atoms with E-state index in [1.54, 1.807) is 10.7 Å². The van der Waals surface area contributed by atoms with Gasteiger partial charge in [-0.15, -0.1) is 0 Å². The number of carbonyl (C=O) groups is 1. The van der Waals surface area contributed by atoms with Gasteiger partial charge in [-0.3, -0.25) is 14.3 Å². The highest BCUT2D eigenvalue weighted by molar-refractivity contribution is 5.90. The molecule has 0 saturated heterocycles. The minimum Gasteiger partial charge on any atom is -0.491 e. The Morgan fingerprint density at radius 1 is 1.15 bits per heavy atom. The van der Waals surface area contributed by atoms with Gasteiger partial charge in [-0.05, 0) is 50.2 Å². The first-order chi connectivity index (χ1) is 12.5. The van der Waals surface area contributed by atoms with Crippen molar-refractivity contribution in [1.82, 2.24) is 9.78 Å². The van der Waals surface area contributed by atoms with Gasteiger partial charge in [0.25, 0.3) is 0 Å². The van der Waals surface area contributed by atoms with E-state index in [1.165, 1.54) is 6.20 Å². The van der Waals surface area contributed by atoms with Crippen LogP contribution in [0.4, 0.5) is 5.69 Å². The van der Waals surface area contributed by atoms with Crippen molar-refractivity contribution in [3.05, 3.63) is 65.0 Å². The molecular formula is C20H21N3O3. The molecule has 3 rings (SSSR count). The lowest BCUT2D eigenvalue weighted by atomic mass is 10.2. The number of aromatic nitrogens is 2. The minimum absolute atomic E-state index is 0.107.